The van der Waals surface area contributed by atoms with Crippen LogP contribution >= 0.6 is 11.6 Å². The number of nitrogens with one attached hydrogen (secondary N) is 1. The number of nitrogens with zero attached hydrogens (tertiary/aromatic N) is 3. The number of anilines is 1. The number of aromatic amines is 1. The van der Waals surface area contributed by atoms with Gasteiger partial charge in [0.2, 0.25) is 11.9 Å². The number of carbonyl (C=O) groups excluding carboxylic acids is 1. The topological polar surface area (TPSA) is 69.3 Å². The maximum atomic E-state index is 12.5. The smallest absolute Gasteiger partial charge is 0.256 e. The summed E-state index contributed by atoms with van der Waals surface area (Å²) < 4.78 is 0. The summed E-state index contributed by atoms with van der Waals surface area (Å²) in [7, 11) is 0. The van der Waals surface area contributed by atoms with Crippen LogP contribution in [0.2, 0.25) is 5.02 Å². The van der Waals surface area contributed by atoms with Gasteiger partial charge in [-0.05, 0) is 24.6 Å². The van der Waals surface area contributed by atoms with Gasteiger partial charge in [0.05, 0.1) is 5.69 Å². The van der Waals surface area contributed by atoms with E-state index >= 15 is 0 Å². The highest BCUT2D eigenvalue weighted by molar-refractivity contribution is 6.30. The van der Waals surface area contributed by atoms with Crippen molar-refractivity contribution < 1.29 is 4.79 Å². The summed E-state index contributed by atoms with van der Waals surface area (Å²) in [5.74, 6) is 0.654. The van der Waals surface area contributed by atoms with Crippen LogP contribution in [-0.4, -0.2) is 47.0 Å². The highest BCUT2D eigenvalue weighted by atomic mass is 35.5. The fourth-order valence-corrected chi connectivity index (χ4v) is 3.12. The number of aromatic nitrogens is 2. The fraction of sp³-hybridized carbons (Fsp3) is 0.389. The molecule has 2 heterocycles. The number of benzene rings is 1. The second-order valence-corrected chi connectivity index (χ2v) is 6.69. The lowest BCUT2D eigenvalue weighted by Gasteiger charge is -2.34. The predicted molar refractivity (Wildman–Crippen MR) is 98.3 cm³/mol. The zero-order valence-electron chi connectivity index (χ0n) is 14.4. The molecule has 3 rings (SSSR count). The summed E-state index contributed by atoms with van der Waals surface area (Å²) in [6.07, 6.45) is 0.518. The van der Waals surface area contributed by atoms with Crippen molar-refractivity contribution in [2.75, 3.05) is 31.1 Å². The number of aryl methyl sites for hydroxylation is 1. The SMILES string of the molecule is CC(=O)N1CCN(c2nc(C)c(Cc3ccc(Cl)cc3)c(=O)[nH]2)CC1. The molecule has 6 nitrogen and oxygen atoms in total. The van der Waals surface area contributed by atoms with Crippen LogP contribution in [-0.2, 0) is 11.2 Å². The van der Waals surface area contributed by atoms with Gasteiger partial charge in [-0.15, -0.1) is 0 Å². The zero-order valence-corrected chi connectivity index (χ0v) is 15.1. The molecule has 1 fully saturated rings. The van der Waals surface area contributed by atoms with Crippen LogP contribution in [0.3, 0.4) is 0 Å². The number of hydrogen-bond acceptors (Lipinski definition) is 4. The van der Waals surface area contributed by atoms with Gasteiger partial charge < -0.3 is 9.80 Å². The van der Waals surface area contributed by atoms with E-state index in [4.69, 9.17) is 11.6 Å². The maximum Gasteiger partial charge on any atom is 0.256 e. The van der Waals surface area contributed by atoms with Gasteiger partial charge in [-0.2, -0.15) is 0 Å². The Kier molecular flexibility index (Phi) is 5.08. The van der Waals surface area contributed by atoms with E-state index in [9.17, 15) is 9.59 Å². The van der Waals surface area contributed by atoms with Gasteiger partial charge in [0, 0.05) is 50.1 Å². The van der Waals surface area contributed by atoms with Crippen LogP contribution in [0.5, 0.6) is 0 Å². The van der Waals surface area contributed by atoms with Crippen LogP contribution in [0.4, 0.5) is 5.95 Å². The molecule has 1 aromatic heterocycles. The molecule has 132 valence electrons. The molecule has 0 atom stereocenters. The molecule has 1 saturated heterocycles. The molecule has 1 aliphatic heterocycles. The van der Waals surface area contributed by atoms with Crippen molar-refractivity contribution in [1.29, 1.82) is 0 Å². The van der Waals surface area contributed by atoms with Crippen molar-refractivity contribution in [3.05, 3.63) is 56.5 Å². The molecular formula is C18H21ClN4O2. The van der Waals surface area contributed by atoms with E-state index in [1.54, 1.807) is 11.8 Å². The Labute approximate surface area is 151 Å². The van der Waals surface area contributed by atoms with Gasteiger partial charge in [0.15, 0.2) is 0 Å². The molecule has 1 aliphatic rings. The van der Waals surface area contributed by atoms with Crippen LogP contribution in [0.15, 0.2) is 29.1 Å². The molecule has 0 radical (unpaired) electrons. The summed E-state index contributed by atoms with van der Waals surface area (Å²) in [6, 6.07) is 7.46. The van der Waals surface area contributed by atoms with E-state index in [0.717, 1.165) is 11.3 Å². The summed E-state index contributed by atoms with van der Waals surface area (Å²) in [5.41, 5.74) is 2.28. The summed E-state index contributed by atoms with van der Waals surface area (Å²) >= 11 is 5.90. The first kappa shape index (κ1) is 17.5. The van der Waals surface area contributed by atoms with Crippen molar-refractivity contribution in [3.63, 3.8) is 0 Å². The second kappa shape index (κ2) is 7.27. The normalized spacial score (nSPS) is 14.7. The number of rotatable bonds is 3. The molecule has 1 aromatic carbocycles. The first-order chi connectivity index (χ1) is 11.9. The maximum absolute atomic E-state index is 12.5. The van der Waals surface area contributed by atoms with Crippen LogP contribution in [0, 0.1) is 6.92 Å². The van der Waals surface area contributed by atoms with Gasteiger partial charge >= 0.3 is 0 Å². The Balaban J connectivity index is 1.77. The molecule has 1 amide bonds. The lowest BCUT2D eigenvalue weighted by molar-refractivity contribution is -0.129. The first-order valence-electron chi connectivity index (χ1n) is 8.29. The van der Waals surface area contributed by atoms with Crippen molar-refractivity contribution in [3.8, 4) is 0 Å². The van der Waals surface area contributed by atoms with E-state index in [1.807, 2.05) is 36.1 Å². The van der Waals surface area contributed by atoms with Gasteiger partial charge in [-0.1, -0.05) is 23.7 Å². The van der Waals surface area contributed by atoms with Crippen LogP contribution in [0.25, 0.3) is 0 Å². The molecule has 7 heteroatoms. The third-order valence-corrected chi connectivity index (χ3v) is 4.78. The predicted octanol–water partition coefficient (Wildman–Crippen LogP) is 1.99. The Bertz CT molecular complexity index is 824. The molecule has 1 N–H and O–H groups in total. The quantitative estimate of drug-likeness (QED) is 0.908. The fourth-order valence-electron chi connectivity index (χ4n) is 2.99. The third-order valence-electron chi connectivity index (χ3n) is 4.53. The van der Waals surface area contributed by atoms with Crippen molar-refractivity contribution in [1.82, 2.24) is 14.9 Å². The molecule has 0 spiro atoms. The van der Waals surface area contributed by atoms with Crippen molar-refractivity contribution >= 4 is 23.5 Å². The van der Waals surface area contributed by atoms with Gasteiger partial charge in [0.1, 0.15) is 0 Å². The monoisotopic (exact) mass is 360 g/mol. The Morgan fingerprint density at radius 2 is 1.84 bits per heavy atom. The number of carbonyl (C=O) groups is 1. The third kappa shape index (κ3) is 4.02. The molecule has 2 aromatic rings. The number of H-pyrrole nitrogens is 1. The van der Waals surface area contributed by atoms with Gasteiger partial charge in [-0.25, -0.2) is 4.98 Å². The number of amides is 1. The summed E-state index contributed by atoms with van der Waals surface area (Å²) in [5, 5.41) is 0.674. The molecule has 0 bridgehead atoms. The summed E-state index contributed by atoms with van der Waals surface area (Å²) in [6.45, 7) is 6.05. The lowest BCUT2D eigenvalue weighted by Crippen LogP contribution is -2.49. The van der Waals surface area contributed by atoms with Crippen LogP contribution < -0.4 is 10.5 Å². The van der Waals surface area contributed by atoms with Crippen molar-refractivity contribution in [2.45, 2.75) is 20.3 Å². The molecule has 0 saturated carbocycles. The minimum Gasteiger partial charge on any atom is -0.339 e. The number of hydrogen-bond donors (Lipinski definition) is 1. The van der Waals surface area contributed by atoms with E-state index in [0.29, 0.717) is 49.1 Å². The van der Waals surface area contributed by atoms with E-state index in [1.165, 1.54) is 0 Å². The highest BCUT2D eigenvalue weighted by Crippen LogP contribution is 2.15. The van der Waals surface area contributed by atoms with E-state index in [2.05, 4.69) is 9.97 Å². The Morgan fingerprint density at radius 3 is 2.40 bits per heavy atom. The molecule has 0 aliphatic carbocycles. The van der Waals surface area contributed by atoms with Gasteiger partial charge in [-0.3, -0.25) is 14.6 Å². The lowest BCUT2D eigenvalue weighted by atomic mass is 10.1. The van der Waals surface area contributed by atoms with Crippen molar-refractivity contribution in [2.24, 2.45) is 0 Å². The van der Waals surface area contributed by atoms with Gasteiger partial charge in [0.25, 0.3) is 5.56 Å². The molecule has 0 unspecified atom stereocenters. The minimum absolute atomic E-state index is 0.0793. The van der Waals surface area contributed by atoms with Crippen LogP contribution in [0.1, 0.15) is 23.7 Å². The van der Waals surface area contributed by atoms with E-state index < -0.39 is 0 Å². The Hall–Kier alpha value is -2.34. The summed E-state index contributed by atoms with van der Waals surface area (Å²) in [4.78, 5) is 35.2. The first-order valence-corrected chi connectivity index (χ1v) is 8.66. The highest BCUT2D eigenvalue weighted by Gasteiger charge is 2.21. The largest absolute Gasteiger partial charge is 0.339 e. The number of piperazine rings is 1. The van der Waals surface area contributed by atoms with E-state index in [-0.39, 0.29) is 11.5 Å². The average molecular weight is 361 g/mol. The average Bonchev–Trinajstić information content (AvgIpc) is 2.59. The Morgan fingerprint density at radius 1 is 1.20 bits per heavy atom. The molecule has 25 heavy (non-hydrogen) atoms. The second-order valence-electron chi connectivity index (χ2n) is 6.25. The number of halogens is 1. The molecular weight excluding hydrogens is 340 g/mol. The standard InChI is InChI=1S/C18H21ClN4O2/c1-12-16(11-14-3-5-15(19)6-4-14)17(25)21-18(20-12)23-9-7-22(8-10-23)13(2)24/h3-6H,7-11H2,1-2H3,(H,20,21,25). The zero-order chi connectivity index (χ0) is 18.0. The minimum atomic E-state index is -0.119.